The Balaban J connectivity index is 2.60. The third kappa shape index (κ3) is 5.75. The van der Waals surface area contributed by atoms with Gasteiger partial charge in [0.2, 0.25) is 0 Å². The highest BCUT2D eigenvalue weighted by Gasteiger charge is 2.04. The van der Waals surface area contributed by atoms with E-state index < -0.39 is 0 Å². The van der Waals surface area contributed by atoms with Gasteiger partial charge < -0.3 is 11.5 Å². The number of amides is 1. The van der Waals surface area contributed by atoms with Crippen molar-refractivity contribution in [2.45, 2.75) is 0 Å². The van der Waals surface area contributed by atoms with Gasteiger partial charge in [-0.3, -0.25) is 21.1 Å². The zero-order valence-electron chi connectivity index (χ0n) is 9.71. The van der Waals surface area contributed by atoms with Crippen LogP contribution in [0.1, 0.15) is 15.9 Å². The Morgan fingerprint density at radius 2 is 1.74 bits per heavy atom. The topological polar surface area (TPSA) is 118 Å². The van der Waals surface area contributed by atoms with Gasteiger partial charge in [0.15, 0.2) is 10.2 Å². The van der Waals surface area contributed by atoms with E-state index >= 15 is 0 Å². The Bertz CT molecular complexity index is 513. The minimum atomic E-state index is -0.349. The number of nitrogens with zero attached hydrogens (tertiary/aromatic N) is 1. The number of nitrogens with one attached hydrogen (secondary N) is 3. The second kappa shape index (κ2) is 7.24. The molecule has 0 fully saturated rings. The number of hydrazone groups is 1. The first-order valence-electron chi connectivity index (χ1n) is 5.03. The molecule has 1 amide bonds. The molecule has 0 aliphatic rings. The van der Waals surface area contributed by atoms with Gasteiger partial charge in [-0.25, -0.2) is 0 Å². The van der Waals surface area contributed by atoms with Crippen molar-refractivity contribution < 1.29 is 4.79 Å². The number of carbonyl (C=O) groups excluding carboxylic acids is 1. The quantitative estimate of drug-likeness (QED) is 0.285. The van der Waals surface area contributed by atoms with Gasteiger partial charge >= 0.3 is 0 Å². The number of benzene rings is 1. The summed E-state index contributed by atoms with van der Waals surface area (Å²) in [6.45, 7) is 0. The van der Waals surface area contributed by atoms with Gasteiger partial charge in [0.1, 0.15) is 0 Å². The lowest BCUT2D eigenvalue weighted by Crippen LogP contribution is -2.44. The molecule has 0 unspecified atom stereocenters. The number of hydrogen-bond donors (Lipinski definition) is 5. The molecular formula is C10H12N6OS2. The van der Waals surface area contributed by atoms with Crippen molar-refractivity contribution in [3.05, 3.63) is 35.4 Å². The molecule has 0 bridgehead atoms. The molecule has 0 spiro atoms. The lowest BCUT2D eigenvalue weighted by atomic mass is 10.1. The standard InChI is InChI=1S/C10H12N6OS2/c11-9(18)15-13-5-6-1-3-7(4-2-6)8(17)14-16-10(12)19/h1-5H,(H,14,17)(H3,11,15,18)(H3,12,16,19). The van der Waals surface area contributed by atoms with E-state index in [0.717, 1.165) is 5.56 Å². The van der Waals surface area contributed by atoms with Gasteiger partial charge in [-0.1, -0.05) is 12.1 Å². The van der Waals surface area contributed by atoms with Crippen LogP contribution in [0.5, 0.6) is 0 Å². The molecule has 100 valence electrons. The molecule has 1 aromatic carbocycles. The van der Waals surface area contributed by atoms with Gasteiger partial charge in [0, 0.05) is 5.56 Å². The summed E-state index contributed by atoms with van der Waals surface area (Å²) in [7, 11) is 0. The largest absolute Gasteiger partial charge is 0.375 e. The summed E-state index contributed by atoms with van der Waals surface area (Å²) in [5, 5.41) is 3.85. The molecule has 0 aromatic heterocycles. The number of carbonyl (C=O) groups is 1. The van der Waals surface area contributed by atoms with Crippen LogP contribution in [0.2, 0.25) is 0 Å². The van der Waals surface area contributed by atoms with Gasteiger partial charge in [0.25, 0.3) is 5.91 Å². The van der Waals surface area contributed by atoms with E-state index in [4.69, 9.17) is 11.5 Å². The molecule has 7 N–H and O–H groups in total. The van der Waals surface area contributed by atoms with Crippen molar-refractivity contribution >= 4 is 46.8 Å². The van der Waals surface area contributed by atoms with Crippen LogP contribution in [-0.4, -0.2) is 22.3 Å². The Kier molecular flexibility index (Phi) is 5.64. The van der Waals surface area contributed by atoms with Gasteiger partial charge in [-0.15, -0.1) is 0 Å². The summed E-state index contributed by atoms with van der Waals surface area (Å²) in [5.41, 5.74) is 18.7. The van der Waals surface area contributed by atoms with Crippen molar-refractivity contribution in [1.82, 2.24) is 16.3 Å². The minimum absolute atomic E-state index is 0.0130. The molecule has 0 atom stereocenters. The normalized spacial score (nSPS) is 9.89. The maximum Gasteiger partial charge on any atom is 0.269 e. The van der Waals surface area contributed by atoms with Crippen LogP contribution in [0.25, 0.3) is 0 Å². The molecule has 0 saturated heterocycles. The first-order valence-corrected chi connectivity index (χ1v) is 5.85. The maximum atomic E-state index is 11.6. The summed E-state index contributed by atoms with van der Waals surface area (Å²) in [6, 6.07) is 6.66. The fourth-order valence-corrected chi connectivity index (χ4v) is 1.19. The average Bonchev–Trinajstić information content (AvgIpc) is 2.36. The summed E-state index contributed by atoms with van der Waals surface area (Å²) in [6.07, 6.45) is 1.52. The molecular weight excluding hydrogens is 284 g/mol. The van der Waals surface area contributed by atoms with E-state index in [9.17, 15) is 4.79 Å². The van der Waals surface area contributed by atoms with E-state index in [1.54, 1.807) is 24.3 Å². The predicted octanol–water partition coefficient (Wildman–Crippen LogP) is -0.668. The summed E-state index contributed by atoms with van der Waals surface area (Å²) in [5.74, 6) is -0.349. The number of hydrazine groups is 1. The molecule has 0 heterocycles. The van der Waals surface area contributed by atoms with Gasteiger partial charge in [0.05, 0.1) is 6.21 Å². The zero-order valence-corrected chi connectivity index (χ0v) is 11.3. The third-order valence-electron chi connectivity index (χ3n) is 1.86. The molecule has 0 aliphatic heterocycles. The molecule has 19 heavy (non-hydrogen) atoms. The minimum Gasteiger partial charge on any atom is -0.375 e. The molecule has 0 saturated carbocycles. The van der Waals surface area contributed by atoms with E-state index in [-0.39, 0.29) is 16.1 Å². The Morgan fingerprint density at radius 3 is 2.26 bits per heavy atom. The molecule has 1 aromatic rings. The lowest BCUT2D eigenvalue weighted by molar-refractivity contribution is 0.0944. The highest BCUT2D eigenvalue weighted by atomic mass is 32.1. The van der Waals surface area contributed by atoms with E-state index in [1.165, 1.54) is 6.21 Å². The van der Waals surface area contributed by atoms with Crippen LogP contribution < -0.4 is 27.7 Å². The van der Waals surface area contributed by atoms with Crippen LogP contribution >= 0.6 is 24.4 Å². The second-order valence-corrected chi connectivity index (χ2v) is 4.18. The lowest BCUT2D eigenvalue weighted by Gasteiger charge is -2.06. The van der Waals surface area contributed by atoms with E-state index in [1.807, 2.05) is 0 Å². The number of hydrogen-bond acceptors (Lipinski definition) is 4. The third-order valence-corrected chi connectivity index (χ3v) is 2.05. The molecule has 7 nitrogen and oxygen atoms in total. The van der Waals surface area contributed by atoms with Gasteiger partial charge in [-0.05, 0) is 42.1 Å². The SMILES string of the molecule is NC(=S)NN=Cc1ccc(C(=O)NNC(N)=S)cc1. The van der Waals surface area contributed by atoms with Crippen LogP contribution in [0, 0.1) is 0 Å². The van der Waals surface area contributed by atoms with E-state index in [2.05, 4.69) is 45.8 Å². The first-order chi connectivity index (χ1) is 8.99. The first kappa shape index (κ1) is 14.8. The van der Waals surface area contributed by atoms with Crippen LogP contribution in [0.4, 0.5) is 0 Å². The van der Waals surface area contributed by atoms with Crippen molar-refractivity contribution in [3.8, 4) is 0 Å². The smallest absolute Gasteiger partial charge is 0.269 e. The summed E-state index contributed by atoms with van der Waals surface area (Å²) < 4.78 is 0. The summed E-state index contributed by atoms with van der Waals surface area (Å²) >= 11 is 9.15. The Labute approximate surface area is 120 Å². The van der Waals surface area contributed by atoms with Crippen LogP contribution in [-0.2, 0) is 0 Å². The van der Waals surface area contributed by atoms with Gasteiger partial charge in [-0.2, -0.15) is 5.10 Å². The van der Waals surface area contributed by atoms with Crippen molar-refractivity contribution in [3.63, 3.8) is 0 Å². The highest BCUT2D eigenvalue weighted by molar-refractivity contribution is 7.80. The fourth-order valence-electron chi connectivity index (χ4n) is 1.08. The molecule has 0 radical (unpaired) electrons. The maximum absolute atomic E-state index is 11.6. The molecule has 9 heteroatoms. The van der Waals surface area contributed by atoms with Crippen molar-refractivity contribution in [2.24, 2.45) is 16.6 Å². The number of nitrogens with two attached hydrogens (primary N) is 2. The van der Waals surface area contributed by atoms with Crippen molar-refractivity contribution in [1.29, 1.82) is 0 Å². The number of rotatable bonds is 3. The molecule has 1 rings (SSSR count). The molecule has 0 aliphatic carbocycles. The van der Waals surface area contributed by atoms with Crippen LogP contribution in [0.15, 0.2) is 29.4 Å². The van der Waals surface area contributed by atoms with E-state index in [0.29, 0.717) is 5.56 Å². The monoisotopic (exact) mass is 296 g/mol. The average molecular weight is 296 g/mol. The Morgan fingerprint density at radius 1 is 1.11 bits per heavy atom. The fraction of sp³-hybridized carbons (Fsp3) is 0. The van der Waals surface area contributed by atoms with Crippen LogP contribution in [0.3, 0.4) is 0 Å². The number of thiocarbonyl (C=S) groups is 2. The Hall–Kier alpha value is -2.26. The zero-order chi connectivity index (χ0) is 14.3. The second-order valence-electron chi connectivity index (χ2n) is 3.30. The highest BCUT2D eigenvalue weighted by Crippen LogP contribution is 2.02. The summed E-state index contributed by atoms with van der Waals surface area (Å²) in [4.78, 5) is 11.6. The van der Waals surface area contributed by atoms with Crippen molar-refractivity contribution in [2.75, 3.05) is 0 Å². The predicted molar refractivity (Wildman–Crippen MR) is 81.3 cm³/mol.